The fourth-order valence-electron chi connectivity index (χ4n) is 1.74. The summed E-state index contributed by atoms with van der Waals surface area (Å²) in [5.74, 6) is -2.12. The monoisotopic (exact) mass is 304 g/mol. The molecule has 0 atom stereocenters. The maximum atomic E-state index is 14.0. The fourth-order valence-corrected chi connectivity index (χ4v) is 1.74. The van der Waals surface area contributed by atoms with Gasteiger partial charge in [0.15, 0.2) is 11.6 Å². The lowest BCUT2D eigenvalue weighted by Gasteiger charge is -2.09. The first-order valence-corrected chi connectivity index (χ1v) is 6.29. The van der Waals surface area contributed by atoms with Crippen molar-refractivity contribution in [1.82, 2.24) is 4.98 Å². The molecule has 0 unspecified atom stereocenters. The number of methoxy groups -OCH3 is 1. The van der Waals surface area contributed by atoms with E-state index in [2.05, 4.69) is 9.72 Å². The molecular weight excluding hydrogens is 291 g/mol. The normalized spacial score (nSPS) is 10.1. The van der Waals surface area contributed by atoms with E-state index < -0.39 is 17.7 Å². The molecule has 22 heavy (non-hydrogen) atoms. The molecule has 7 heteroatoms. The van der Waals surface area contributed by atoms with Crippen molar-refractivity contribution in [3.63, 3.8) is 0 Å². The number of rotatable bonds is 5. The van der Waals surface area contributed by atoms with Crippen LogP contribution in [-0.2, 0) is 16.0 Å². The Bertz CT molecular complexity index is 718. The van der Waals surface area contributed by atoms with Crippen LogP contribution in [0.5, 0.6) is 11.6 Å². The molecule has 2 rings (SSSR count). The number of aromatic nitrogens is 1. The third-order valence-corrected chi connectivity index (χ3v) is 2.82. The van der Waals surface area contributed by atoms with Gasteiger partial charge in [0.25, 0.3) is 5.91 Å². The number of ether oxygens (including phenoxy) is 2. The molecule has 0 saturated heterocycles. The molecule has 1 aromatic carbocycles. The molecule has 6 nitrogen and oxygen atoms in total. The van der Waals surface area contributed by atoms with Gasteiger partial charge in [0.2, 0.25) is 5.88 Å². The van der Waals surface area contributed by atoms with Gasteiger partial charge in [0.1, 0.15) is 5.56 Å². The molecule has 0 spiro atoms. The van der Waals surface area contributed by atoms with Crippen molar-refractivity contribution >= 4 is 11.9 Å². The van der Waals surface area contributed by atoms with Crippen LogP contribution in [0.2, 0.25) is 0 Å². The van der Waals surface area contributed by atoms with Gasteiger partial charge in [-0.2, -0.15) is 0 Å². The van der Waals surface area contributed by atoms with E-state index in [9.17, 15) is 14.0 Å². The Morgan fingerprint density at radius 1 is 1.32 bits per heavy atom. The Hall–Kier alpha value is -2.96. The second-order valence-corrected chi connectivity index (χ2v) is 4.34. The highest BCUT2D eigenvalue weighted by Gasteiger charge is 2.14. The molecule has 0 aliphatic rings. The van der Waals surface area contributed by atoms with E-state index in [0.29, 0.717) is 5.56 Å². The summed E-state index contributed by atoms with van der Waals surface area (Å²) < 4.78 is 23.8. The van der Waals surface area contributed by atoms with Crippen LogP contribution in [0.3, 0.4) is 0 Å². The fraction of sp³-hybridized carbons (Fsp3) is 0.133. The average Bonchev–Trinajstić information content (AvgIpc) is 2.50. The maximum absolute atomic E-state index is 14.0. The summed E-state index contributed by atoms with van der Waals surface area (Å²) in [7, 11) is 1.25. The van der Waals surface area contributed by atoms with E-state index in [1.807, 2.05) is 0 Å². The zero-order valence-corrected chi connectivity index (χ0v) is 11.7. The summed E-state index contributed by atoms with van der Waals surface area (Å²) in [5.41, 5.74) is 5.68. The number of benzene rings is 1. The molecule has 1 aromatic heterocycles. The number of nitrogens with zero attached hydrogens (tertiary/aromatic N) is 1. The largest absolute Gasteiger partial charge is 0.469 e. The molecule has 1 amide bonds. The number of carbonyl (C=O) groups is 2. The summed E-state index contributed by atoms with van der Waals surface area (Å²) in [6.45, 7) is 0. The molecule has 2 aromatic rings. The Morgan fingerprint density at radius 2 is 2.09 bits per heavy atom. The standard InChI is InChI=1S/C15H13FN2O4/c1-21-13(19)8-9-4-5-12(11(16)7-9)22-15-10(14(17)20)3-2-6-18-15/h2-7H,8H2,1H3,(H2,17,20). The van der Waals surface area contributed by atoms with E-state index in [0.717, 1.165) is 6.07 Å². The molecule has 0 saturated carbocycles. The first-order valence-electron chi connectivity index (χ1n) is 6.29. The quantitative estimate of drug-likeness (QED) is 0.851. The van der Waals surface area contributed by atoms with Gasteiger partial charge in [-0.15, -0.1) is 0 Å². The second kappa shape index (κ2) is 6.66. The van der Waals surface area contributed by atoms with Crippen LogP contribution < -0.4 is 10.5 Å². The molecule has 114 valence electrons. The molecular formula is C15H13FN2O4. The van der Waals surface area contributed by atoms with Gasteiger partial charge in [-0.05, 0) is 29.8 Å². The number of carbonyl (C=O) groups excluding carboxylic acids is 2. The van der Waals surface area contributed by atoms with Crippen LogP contribution in [-0.4, -0.2) is 24.0 Å². The predicted octanol–water partition coefficient (Wildman–Crippen LogP) is 1.83. The number of esters is 1. The number of halogens is 1. The zero-order valence-electron chi connectivity index (χ0n) is 11.7. The van der Waals surface area contributed by atoms with Crippen LogP contribution >= 0.6 is 0 Å². The Labute approximate surface area is 125 Å². The van der Waals surface area contributed by atoms with Gasteiger partial charge >= 0.3 is 5.97 Å². The van der Waals surface area contributed by atoms with E-state index in [1.165, 1.54) is 37.6 Å². The smallest absolute Gasteiger partial charge is 0.309 e. The van der Waals surface area contributed by atoms with Crippen LogP contribution in [0.15, 0.2) is 36.5 Å². The molecule has 0 fully saturated rings. The molecule has 0 radical (unpaired) electrons. The number of primary amides is 1. The Kier molecular flexibility index (Phi) is 4.67. The number of hydrogen-bond acceptors (Lipinski definition) is 5. The van der Waals surface area contributed by atoms with E-state index in [4.69, 9.17) is 10.5 Å². The lowest BCUT2D eigenvalue weighted by atomic mass is 10.1. The topological polar surface area (TPSA) is 91.5 Å². The van der Waals surface area contributed by atoms with Crippen LogP contribution in [0.25, 0.3) is 0 Å². The Balaban J connectivity index is 2.24. The minimum Gasteiger partial charge on any atom is -0.469 e. The highest BCUT2D eigenvalue weighted by atomic mass is 19.1. The van der Waals surface area contributed by atoms with Gasteiger partial charge in [0, 0.05) is 6.20 Å². The summed E-state index contributed by atoms with van der Waals surface area (Å²) >= 11 is 0. The molecule has 0 aliphatic heterocycles. The van der Waals surface area contributed by atoms with Crippen molar-refractivity contribution in [3.05, 3.63) is 53.5 Å². The minimum atomic E-state index is -0.731. The maximum Gasteiger partial charge on any atom is 0.309 e. The second-order valence-electron chi connectivity index (χ2n) is 4.34. The van der Waals surface area contributed by atoms with Crippen LogP contribution in [0, 0.1) is 5.82 Å². The van der Waals surface area contributed by atoms with E-state index >= 15 is 0 Å². The summed E-state index contributed by atoms with van der Waals surface area (Å²) in [6, 6.07) is 6.95. The summed E-state index contributed by atoms with van der Waals surface area (Å²) in [6.07, 6.45) is 1.34. The first kappa shape index (κ1) is 15.4. The van der Waals surface area contributed by atoms with Crippen molar-refractivity contribution in [2.75, 3.05) is 7.11 Å². The van der Waals surface area contributed by atoms with Crippen molar-refractivity contribution in [1.29, 1.82) is 0 Å². The number of amides is 1. The molecule has 0 bridgehead atoms. The van der Waals surface area contributed by atoms with Gasteiger partial charge in [0.05, 0.1) is 13.5 Å². The van der Waals surface area contributed by atoms with Crippen LogP contribution in [0.1, 0.15) is 15.9 Å². The number of pyridine rings is 1. The summed E-state index contributed by atoms with van der Waals surface area (Å²) in [4.78, 5) is 26.3. The van der Waals surface area contributed by atoms with E-state index in [1.54, 1.807) is 0 Å². The number of hydrogen-bond donors (Lipinski definition) is 1. The van der Waals surface area contributed by atoms with Gasteiger partial charge in [-0.1, -0.05) is 6.07 Å². The van der Waals surface area contributed by atoms with Crippen molar-refractivity contribution in [3.8, 4) is 11.6 Å². The molecule has 2 N–H and O–H groups in total. The molecule has 1 heterocycles. The highest BCUT2D eigenvalue weighted by Crippen LogP contribution is 2.26. The predicted molar refractivity (Wildman–Crippen MR) is 74.9 cm³/mol. The third-order valence-electron chi connectivity index (χ3n) is 2.82. The minimum absolute atomic E-state index is 0.0422. The SMILES string of the molecule is COC(=O)Cc1ccc(Oc2ncccc2C(N)=O)c(F)c1. The first-order chi connectivity index (χ1) is 10.5. The zero-order chi connectivity index (χ0) is 16.1. The molecule has 0 aliphatic carbocycles. The van der Waals surface area contributed by atoms with Gasteiger partial charge < -0.3 is 15.2 Å². The number of nitrogens with two attached hydrogens (primary N) is 1. The van der Waals surface area contributed by atoms with Crippen molar-refractivity contribution in [2.45, 2.75) is 6.42 Å². The summed E-state index contributed by atoms with van der Waals surface area (Å²) in [5, 5.41) is 0. The lowest BCUT2D eigenvalue weighted by Crippen LogP contribution is -2.13. The van der Waals surface area contributed by atoms with Crippen molar-refractivity contribution in [2.24, 2.45) is 5.73 Å². The average molecular weight is 304 g/mol. The highest BCUT2D eigenvalue weighted by molar-refractivity contribution is 5.95. The third kappa shape index (κ3) is 3.57. The van der Waals surface area contributed by atoms with Gasteiger partial charge in [-0.25, -0.2) is 9.37 Å². The Morgan fingerprint density at radius 3 is 2.73 bits per heavy atom. The van der Waals surface area contributed by atoms with Crippen molar-refractivity contribution < 1.29 is 23.5 Å². The van der Waals surface area contributed by atoms with E-state index in [-0.39, 0.29) is 23.6 Å². The van der Waals surface area contributed by atoms with Gasteiger partial charge in [-0.3, -0.25) is 9.59 Å². The lowest BCUT2D eigenvalue weighted by molar-refractivity contribution is -0.139. The van der Waals surface area contributed by atoms with Crippen LogP contribution in [0.4, 0.5) is 4.39 Å².